The zero-order valence-corrected chi connectivity index (χ0v) is 19.5. The molecule has 0 saturated heterocycles. The number of anilines is 1. The molecule has 0 radical (unpaired) electrons. The van der Waals surface area contributed by atoms with E-state index in [1.165, 1.54) is 45.9 Å². The molecule has 3 aromatic carbocycles. The van der Waals surface area contributed by atoms with Crippen LogP contribution in [0.25, 0.3) is 0 Å². The molecule has 0 aromatic heterocycles. The van der Waals surface area contributed by atoms with Crippen LogP contribution in [-0.4, -0.2) is 30.9 Å². The van der Waals surface area contributed by atoms with Crippen LogP contribution in [0.5, 0.6) is 0 Å². The van der Waals surface area contributed by atoms with Crippen molar-refractivity contribution in [1.29, 1.82) is 5.26 Å². The molecule has 1 heterocycles. The van der Waals surface area contributed by atoms with Gasteiger partial charge in [0.25, 0.3) is 5.91 Å². The van der Waals surface area contributed by atoms with Gasteiger partial charge in [0.15, 0.2) is 0 Å². The fourth-order valence-electron chi connectivity index (χ4n) is 3.70. The highest BCUT2D eigenvalue weighted by molar-refractivity contribution is 7.99. The monoisotopic (exact) mass is 477 g/mol. The maximum absolute atomic E-state index is 13.1. The fraction of sp³-hybridized carbons (Fsp3) is 0.200. The molecule has 1 aliphatic heterocycles. The number of nitrogens with zero attached hydrogens (tertiary/aromatic N) is 2. The Morgan fingerprint density at radius 2 is 1.70 bits per heavy atom. The van der Waals surface area contributed by atoms with Crippen molar-refractivity contribution in [3.63, 3.8) is 0 Å². The van der Waals surface area contributed by atoms with Gasteiger partial charge in [-0.2, -0.15) is 9.57 Å². The number of para-hydroxylation sites is 1. The molecule has 0 spiro atoms. The number of sulfonamides is 1. The highest BCUT2D eigenvalue weighted by Gasteiger charge is 2.28. The van der Waals surface area contributed by atoms with Crippen molar-refractivity contribution in [3.05, 3.63) is 89.5 Å². The van der Waals surface area contributed by atoms with Gasteiger partial charge < -0.3 is 5.32 Å². The molecule has 0 fully saturated rings. The standard InChI is InChI=1S/C25H23N3O3S2/c26-15-5-17-32-24-9-4-3-8-23(24)27-25(29)20-10-12-22(13-11-20)33(30,31)28-16-14-19-6-1-2-7-21(19)18-28/h1-4,6-13H,5,14,16-18H2,(H,27,29). The van der Waals surface area contributed by atoms with E-state index in [1.54, 1.807) is 6.07 Å². The predicted octanol–water partition coefficient (Wildman–Crippen LogP) is 4.69. The van der Waals surface area contributed by atoms with Crippen molar-refractivity contribution in [2.75, 3.05) is 17.6 Å². The lowest BCUT2D eigenvalue weighted by Gasteiger charge is -2.28. The van der Waals surface area contributed by atoms with Gasteiger partial charge in [0.05, 0.1) is 16.7 Å². The van der Waals surface area contributed by atoms with Gasteiger partial charge in [0, 0.05) is 35.7 Å². The van der Waals surface area contributed by atoms with E-state index in [0.717, 1.165) is 10.5 Å². The molecule has 0 saturated carbocycles. The first-order chi connectivity index (χ1) is 16.0. The van der Waals surface area contributed by atoms with Gasteiger partial charge in [-0.05, 0) is 53.9 Å². The number of fused-ring (bicyclic) bond motifs is 1. The number of benzene rings is 3. The Morgan fingerprint density at radius 1 is 1.00 bits per heavy atom. The zero-order chi connectivity index (χ0) is 23.3. The van der Waals surface area contributed by atoms with Crippen molar-refractivity contribution < 1.29 is 13.2 Å². The highest BCUT2D eigenvalue weighted by Crippen LogP contribution is 2.28. The average molecular weight is 478 g/mol. The van der Waals surface area contributed by atoms with Crippen LogP contribution in [0.3, 0.4) is 0 Å². The molecule has 0 atom stereocenters. The van der Waals surface area contributed by atoms with Crippen LogP contribution < -0.4 is 5.32 Å². The lowest BCUT2D eigenvalue weighted by Crippen LogP contribution is -2.35. The first-order valence-corrected chi connectivity index (χ1v) is 13.0. The van der Waals surface area contributed by atoms with Gasteiger partial charge in [-0.25, -0.2) is 8.42 Å². The molecule has 0 aliphatic carbocycles. The van der Waals surface area contributed by atoms with E-state index in [1.807, 2.05) is 42.5 Å². The Hall–Kier alpha value is -3.12. The Morgan fingerprint density at radius 3 is 2.45 bits per heavy atom. The summed E-state index contributed by atoms with van der Waals surface area (Å²) in [6.45, 7) is 0.781. The van der Waals surface area contributed by atoms with Crippen LogP contribution in [0.1, 0.15) is 27.9 Å². The topological polar surface area (TPSA) is 90.3 Å². The third-order valence-electron chi connectivity index (χ3n) is 5.46. The van der Waals surface area contributed by atoms with Crippen LogP contribution in [0, 0.1) is 11.3 Å². The second-order valence-corrected chi connectivity index (χ2v) is 10.7. The molecule has 0 unspecified atom stereocenters. The van der Waals surface area contributed by atoms with Crippen molar-refractivity contribution in [2.45, 2.75) is 29.2 Å². The fourth-order valence-corrected chi connectivity index (χ4v) is 5.98. The summed E-state index contributed by atoms with van der Waals surface area (Å²) in [4.78, 5) is 13.8. The van der Waals surface area contributed by atoms with Gasteiger partial charge in [0.2, 0.25) is 10.0 Å². The Kier molecular flexibility index (Phi) is 7.14. The summed E-state index contributed by atoms with van der Waals surface area (Å²) in [6, 6.07) is 23.4. The highest BCUT2D eigenvalue weighted by atomic mass is 32.2. The van der Waals surface area contributed by atoms with E-state index >= 15 is 0 Å². The molecule has 4 rings (SSSR count). The summed E-state index contributed by atoms with van der Waals surface area (Å²) < 4.78 is 27.8. The Bertz CT molecular complexity index is 1300. The normalized spacial score (nSPS) is 13.7. The number of rotatable bonds is 7. The smallest absolute Gasteiger partial charge is 0.255 e. The van der Waals surface area contributed by atoms with Gasteiger partial charge in [-0.15, -0.1) is 11.8 Å². The largest absolute Gasteiger partial charge is 0.321 e. The van der Waals surface area contributed by atoms with Crippen LogP contribution >= 0.6 is 11.8 Å². The Labute approximate surface area is 198 Å². The van der Waals surface area contributed by atoms with Crippen LogP contribution in [-0.2, 0) is 23.0 Å². The van der Waals surface area contributed by atoms with Crippen molar-refractivity contribution in [3.8, 4) is 6.07 Å². The number of nitriles is 1. The average Bonchev–Trinajstić information content (AvgIpc) is 2.85. The van der Waals surface area contributed by atoms with E-state index in [4.69, 9.17) is 5.26 Å². The number of carbonyl (C=O) groups is 1. The Balaban J connectivity index is 1.46. The van der Waals surface area contributed by atoms with E-state index in [2.05, 4.69) is 11.4 Å². The molecule has 1 N–H and O–H groups in total. The second-order valence-electron chi connectivity index (χ2n) is 7.59. The van der Waals surface area contributed by atoms with Crippen LogP contribution in [0.2, 0.25) is 0 Å². The summed E-state index contributed by atoms with van der Waals surface area (Å²) in [5.74, 6) is 0.316. The summed E-state index contributed by atoms with van der Waals surface area (Å²) in [5.41, 5.74) is 3.24. The third-order valence-corrected chi connectivity index (χ3v) is 8.39. The summed E-state index contributed by atoms with van der Waals surface area (Å²) in [5, 5.41) is 11.6. The zero-order valence-electron chi connectivity index (χ0n) is 17.9. The number of nitrogens with one attached hydrogen (secondary N) is 1. The quantitative estimate of drug-likeness (QED) is 0.394. The first-order valence-electron chi connectivity index (χ1n) is 10.6. The van der Waals surface area contributed by atoms with Gasteiger partial charge in [-0.3, -0.25) is 4.79 Å². The number of hydrogen-bond donors (Lipinski definition) is 1. The molecule has 3 aromatic rings. The molecule has 1 amide bonds. The lowest BCUT2D eigenvalue weighted by molar-refractivity contribution is 0.102. The minimum absolute atomic E-state index is 0.172. The van der Waals surface area contributed by atoms with Gasteiger partial charge in [-0.1, -0.05) is 36.4 Å². The van der Waals surface area contributed by atoms with Gasteiger partial charge >= 0.3 is 0 Å². The van der Waals surface area contributed by atoms with E-state index in [0.29, 0.717) is 42.9 Å². The molecule has 33 heavy (non-hydrogen) atoms. The maximum atomic E-state index is 13.1. The van der Waals surface area contributed by atoms with Crippen LogP contribution in [0.15, 0.2) is 82.6 Å². The van der Waals surface area contributed by atoms with E-state index < -0.39 is 10.0 Å². The number of carbonyl (C=O) groups excluding carboxylic acids is 1. The summed E-state index contributed by atoms with van der Waals surface area (Å²) in [6.07, 6.45) is 1.10. The van der Waals surface area contributed by atoms with Crippen molar-refractivity contribution in [1.82, 2.24) is 4.31 Å². The minimum Gasteiger partial charge on any atom is -0.321 e. The molecule has 0 bridgehead atoms. The van der Waals surface area contributed by atoms with E-state index in [-0.39, 0.29) is 10.8 Å². The number of hydrogen-bond acceptors (Lipinski definition) is 5. The SMILES string of the molecule is N#CCCSc1ccccc1NC(=O)c1ccc(S(=O)(=O)N2CCc3ccccc3C2)cc1. The van der Waals surface area contributed by atoms with E-state index in [9.17, 15) is 13.2 Å². The molecule has 6 nitrogen and oxygen atoms in total. The molecular weight excluding hydrogens is 454 g/mol. The number of amides is 1. The molecule has 1 aliphatic rings. The minimum atomic E-state index is -3.65. The first kappa shape index (κ1) is 23.1. The summed E-state index contributed by atoms with van der Waals surface area (Å²) >= 11 is 1.50. The molecule has 168 valence electrons. The maximum Gasteiger partial charge on any atom is 0.255 e. The third kappa shape index (κ3) is 5.28. The molecule has 8 heteroatoms. The van der Waals surface area contributed by atoms with Crippen LogP contribution in [0.4, 0.5) is 5.69 Å². The molecular formula is C25H23N3O3S2. The van der Waals surface area contributed by atoms with Gasteiger partial charge in [0.1, 0.15) is 0 Å². The second kappa shape index (κ2) is 10.2. The lowest BCUT2D eigenvalue weighted by atomic mass is 10.0. The van der Waals surface area contributed by atoms with Crippen molar-refractivity contribution >= 4 is 33.4 Å². The number of thioether (sulfide) groups is 1. The summed E-state index contributed by atoms with van der Waals surface area (Å²) in [7, 11) is -3.65. The van der Waals surface area contributed by atoms with Crippen molar-refractivity contribution in [2.24, 2.45) is 0 Å². The predicted molar refractivity (Wildman–Crippen MR) is 130 cm³/mol.